The van der Waals surface area contributed by atoms with Crippen molar-refractivity contribution in [1.82, 2.24) is 20.2 Å². The SMILES string of the molecule is Cc1cnc(Nc2cccc([C@@H]3CCCN3C(=O)CC3=CC(C)(C)NC(C)(C)C3)n2)s1. The highest BCUT2D eigenvalue weighted by atomic mass is 32.1. The monoisotopic (exact) mass is 439 g/mol. The molecule has 4 heterocycles. The van der Waals surface area contributed by atoms with Gasteiger partial charge in [-0.25, -0.2) is 9.97 Å². The van der Waals surface area contributed by atoms with E-state index >= 15 is 0 Å². The van der Waals surface area contributed by atoms with E-state index in [1.807, 2.05) is 36.2 Å². The lowest BCUT2D eigenvalue weighted by Crippen LogP contribution is -2.54. The lowest BCUT2D eigenvalue weighted by Gasteiger charge is -2.41. The number of thiazole rings is 1. The maximum Gasteiger partial charge on any atom is 0.227 e. The summed E-state index contributed by atoms with van der Waals surface area (Å²) in [6.45, 7) is 11.6. The van der Waals surface area contributed by atoms with Crippen LogP contribution in [0.3, 0.4) is 0 Å². The molecule has 2 aliphatic rings. The average molecular weight is 440 g/mol. The van der Waals surface area contributed by atoms with Gasteiger partial charge in [0.25, 0.3) is 0 Å². The van der Waals surface area contributed by atoms with E-state index in [4.69, 9.17) is 4.98 Å². The van der Waals surface area contributed by atoms with E-state index in [-0.39, 0.29) is 23.0 Å². The Morgan fingerprint density at radius 3 is 2.84 bits per heavy atom. The van der Waals surface area contributed by atoms with Gasteiger partial charge < -0.3 is 15.5 Å². The van der Waals surface area contributed by atoms with Crippen molar-refractivity contribution in [3.05, 3.63) is 46.6 Å². The Morgan fingerprint density at radius 1 is 1.32 bits per heavy atom. The lowest BCUT2D eigenvalue weighted by molar-refractivity contribution is -0.131. The molecule has 2 aromatic heterocycles. The van der Waals surface area contributed by atoms with E-state index in [1.165, 1.54) is 5.57 Å². The van der Waals surface area contributed by atoms with Crippen molar-refractivity contribution in [2.24, 2.45) is 0 Å². The van der Waals surface area contributed by atoms with Crippen molar-refractivity contribution in [3.8, 4) is 0 Å². The number of carbonyl (C=O) groups excluding carboxylic acids is 1. The minimum atomic E-state index is -0.0997. The number of aromatic nitrogens is 2. The maximum atomic E-state index is 13.3. The van der Waals surface area contributed by atoms with Gasteiger partial charge in [-0.1, -0.05) is 17.7 Å². The Labute approximate surface area is 189 Å². The third-order valence-corrected chi connectivity index (χ3v) is 6.64. The van der Waals surface area contributed by atoms with E-state index in [2.05, 4.69) is 49.4 Å². The van der Waals surface area contributed by atoms with Gasteiger partial charge in [-0.05, 0) is 66.0 Å². The third kappa shape index (κ3) is 5.33. The first-order valence-electron chi connectivity index (χ1n) is 11.1. The fourth-order valence-corrected chi connectivity index (χ4v) is 5.76. The van der Waals surface area contributed by atoms with Gasteiger partial charge in [-0.15, -0.1) is 11.3 Å². The largest absolute Gasteiger partial charge is 0.334 e. The van der Waals surface area contributed by atoms with Gasteiger partial charge >= 0.3 is 0 Å². The molecule has 0 aliphatic carbocycles. The molecule has 0 radical (unpaired) electrons. The van der Waals surface area contributed by atoms with Gasteiger partial charge in [0.1, 0.15) is 5.82 Å². The molecule has 0 aromatic carbocycles. The summed E-state index contributed by atoms with van der Waals surface area (Å²) in [5.41, 5.74) is 2.07. The normalized spacial score (nSPS) is 22.3. The molecule has 7 heteroatoms. The highest BCUT2D eigenvalue weighted by Gasteiger charge is 2.35. The van der Waals surface area contributed by atoms with Crippen LogP contribution < -0.4 is 10.6 Å². The molecule has 0 bridgehead atoms. The summed E-state index contributed by atoms with van der Waals surface area (Å²) in [5.74, 6) is 0.980. The molecule has 0 saturated carbocycles. The predicted molar refractivity (Wildman–Crippen MR) is 127 cm³/mol. The Morgan fingerprint density at radius 2 is 2.13 bits per heavy atom. The summed E-state index contributed by atoms with van der Waals surface area (Å²) in [4.78, 5) is 25.7. The Hall–Kier alpha value is -2.25. The van der Waals surface area contributed by atoms with Crippen LogP contribution in [-0.4, -0.2) is 38.4 Å². The summed E-state index contributed by atoms with van der Waals surface area (Å²) in [7, 11) is 0. The summed E-state index contributed by atoms with van der Waals surface area (Å²) < 4.78 is 0. The zero-order chi connectivity index (χ0) is 22.2. The molecule has 1 amide bonds. The molecular weight excluding hydrogens is 406 g/mol. The van der Waals surface area contributed by atoms with Gasteiger partial charge in [-0.3, -0.25) is 4.79 Å². The molecule has 6 nitrogen and oxygen atoms in total. The Kier molecular flexibility index (Phi) is 5.92. The zero-order valence-electron chi connectivity index (χ0n) is 19.2. The molecule has 1 atom stereocenters. The van der Waals surface area contributed by atoms with Gasteiger partial charge in [0, 0.05) is 35.1 Å². The number of hydrogen-bond donors (Lipinski definition) is 2. The van der Waals surface area contributed by atoms with Crippen LogP contribution in [0.15, 0.2) is 36.0 Å². The first-order valence-corrected chi connectivity index (χ1v) is 11.9. The van der Waals surface area contributed by atoms with Gasteiger partial charge in [-0.2, -0.15) is 0 Å². The van der Waals surface area contributed by atoms with E-state index in [0.717, 1.165) is 47.3 Å². The van der Waals surface area contributed by atoms with E-state index < -0.39 is 0 Å². The zero-order valence-corrected chi connectivity index (χ0v) is 20.0. The van der Waals surface area contributed by atoms with Crippen LogP contribution in [0.5, 0.6) is 0 Å². The fraction of sp³-hybridized carbons (Fsp3) is 0.542. The Balaban J connectivity index is 1.48. The predicted octanol–water partition coefficient (Wildman–Crippen LogP) is 5.12. The van der Waals surface area contributed by atoms with Gasteiger partial charge in [0.2, 0.25) is 5.91 Å². The summed E-state index contributed by atoms with van der Waals surface area (Å²) in [6, 6.07) is 6.03. The number of amides is 1. The smallest absolute Gasteiger partial charge is 0.227 e. The van der Waals surface area contributed by atoms with Crippen molar-refractivity contribution in [1.29, 1.82) is 0 Å². The van der Waals surface area contributed by atoms with Crippen molar-refractivity contribution in [2.45, 2.75) is 77.4 Å². The number of nitrogens with zero attached hydrogens (tertiary/aromatic N) is 3. The first kappa shape index (κ1) is 22.0. The molecule has 2 N–H and O–H groups in total. The molecule has 2 aliphatic heterocycles. The molecule has 2 aromatic rings. The lowest BCUT2D eigenvalue weighted by atomic mass is 9.82. The standard InChI is InChI=1S/C24H33N5OS/c1-16-15-25-22(31-16)27-20-10-6-8-18(26-20)19-9-7-11-29(19)21(30)12-17-13-23(2,3)28-24(4,5)14-17/h6,8,10,13,15,19,28H,7,9,11-12,14H2,1-5H3,(H,25,26,27)/t19-/m0/s1. The minimum Gasteiger partial charge on any atom is -0.334 e. The maximum absolute atomic E-state index is 13.3. The number of pyridine rings is 1. The molecule has 0 unspecified atom stereocenters. The number of aryl methyl sites for hydroxylation is 1. The van der Waals surface area contributed by atoms with Crippen molar-refractivity contribution in [2.75, 3.05) is 11.9 Å². The first-order chi connectivity index (χ1) is 14.6. The third-order valence-electron chi connectivity index (χ3n) is 5.81. The van der Waals surface area contributed by atoms with Crippen molar-refractivity contribution in [3.63, 3.8) is 0 Å². The summed E-state index contributed by atoms with van der Waals surface area (Å²) in [6.07, 6.45) is 7.44. The van der Waals surface area contributed by atoms with E-state index in [1.54, 1.807) is 11.3 Å². The summed E-state index contributed by atoms with van der Waals surface area (Å²) >= 11 is 1.61. The Bertz CT molecular complexity index is 993. The number of nitrogens with one attached hydrogen (secondary N) is 2. The topological polar surface area (TPSA) is 70.2 Å². The molecule has 166 valence electrons. The molecule has 1 saturated heterocycles. The number of likely N-dealkylation sites (tertiary alicyclic amines) is 1. The van der Waals surface area contributed by atoms with Crippen LogP contribution in [-0.2, 0) is 4.79 Å². The second-order valence-corrected chi connectivity index (χ2v) is 11.2. The number of hydrogen-bond acceptors (Lipinski definition) is 6. The van der Waals surface area contributed by atoms with Gasteiger partial charge in [0.05, 0.1) is 11.7 Å². The van der Waals surface area contributed by atoms with Crippen LogP contribution in [0.4, 0.5) is 10.9 Å². The highest BCUT2D eigenvalue weighted by molar-refractivity contribution is 7.15. The quantitative estimate of drug-likeness (QED) is 0.633. The number of carbonyl (C=O) groups is 1. The molecule has 0 spiro atoms. The van der Waals surface area contributed by atoms with Crippen LogP contribution in [0.2, 0.25) is 0 Å². The van der Waals surface area contributed by atoms with Gasteiger partial charge in [0.15, 0.2) is 5.13 Å². The van der Waals surface area contributed by atoms with E-state index in [9.17, 15) is 4.79 Å². The fourth-order valence-electron chi connectivity index (χ4n) is 5.09. The van der Waals surface area contributed by atoms with Crippen molar-refractivity contribution < 1.29 is 4.79 Å². The summed E-state index contributed by atoms with van der Waals surface area (Å²) in [5, 5.41) is 7.78. The van der Waals surface area contributed by atoms with E-state index in [0.29, 0.717) is 6.42 Å². The number of rotatable bonds is 5. The highest BCUT2D eigenvalue weighted by Crippen LogP contribution is 2.35. The average Bonchev–Trinajstić information content (AvgIpc) is 3.28. The molecule has 1 fully saturated rings. The number of anilines is 2. The molecule has 31 heavy (non-hydrogen) atoms. The second-order valence-electron chi connectivity index (χ2n) is 9.98. The van der Waals surface area contributed by atoms with Crippen LogP contribution in [0.1, 0.15) is 70.0 Å². The molecule has 4 rings (SSSR count). The van der Waals surface area contributed by atoms with Crippen molar-refractivity contribution >= 4 is 28.2 Å². The molecular formula is C24H33N5OS. The minimum absolute atomic E-state index is 0.00594. The van der Waals surface area contributed by atoms with Crippen LogP contribution in [0, 0.1) is 6.92 Å². The second kappa shape index (κ2) is 8.36. The van der Waals surface area contributed by atoms with Crippen LogP contribution in [0.25, 0.3) is 0 Å². The van der Waals surface area contributed by atoms with Crippen LogP contribution >= 0.6 is 11.3 Å².